The highest BCUT2D eigenvalue weighted by Crippen LogP contribution is 2.35. The average molecular weight is 524 g/mol. The van der Waals surface area contributed by atoms with Crippen molar-refractivity contribution in [2.24, 2.45) is 0 Å². The quantitative estimate of drug-likeness (QED) is 0.326. The van der Waals surface area contributed by atoms with E-state index in [1.165, 1.54) is 0 Å². The van der Waals surface area contributed by atoms with E-state index in [9.17, 15) is 18.0 Å². The zero-order chi connectivity index (χ0) is 23.0. The highest BCUT2D eigenvalue weighted by Gasteiger charge is 2.36. The van der Waals surface area contributed by atoms with Crippen LogP contribution >= 0.6 is 27.5 Å². The Kier molecular flexibility index (Phi) is 5.96. The number of anilines is 1. The molecule has 4 aromatic rings. The molecule has 0 radical (unpaired) electrons. The number of nitrogens with one attached hydrogen (secondary N) is 1. The van der Waals surface area contributed by atoms with Crippen LogP contribution < -0.4 is 5.32 Å². The maximum Gasteiger partial charge on any atom is 0.433 e. The Bertz CT molecular complexity index is 1320. The van der Waals surface area contributed by atoms with E-state index in [1.807, 2.05) is 19.1 Å². The third-order valence-electron chi connectivity index (χ3n) is 4.82. The number of carbonyl (C=O) groups excluding carboxylic acids is 1. The second-order valence-electron chi connectivity index (χ2n) is 6.89. The molecule has 0 bridgehead atoms. The van der Waals surface area contributed by atoms with Crippen molar-refractivity contribution in [3.8, 4) is 11.3 Å². The Balaban J connectivity index is 1.84. The number of hydrogen-bond donors (Lipinski definition) is 1. The number of fused-ring (bicyclic) bond motifs is 1. The molecule has 0 aliphatic carbocycles. The van der Waals surface area contributed by atoms with Crippen LogP contribution in [0.1, 0.15) is 28.7 Å². The molecule has 32 heavy (non-hydrogen) atoms. The van der Waals surface area contributed by atoms with Crippen molar-refractivity contribution < 1.29 is 18.0 Å². The molecule has 164 valence electrons. The largest absolute Gasteiger partial charge is 0.433 e. The highest BCUT2D eigenvalue weighted by atomic mass is 79.9. The molecule has 10 heteroatoms. The minimum atomic E-state index is -4.75. The number of aryl methyl sites for hydroxylation is 1. The van der Waals surface area contributed by atoms with Crippen LogP contribution in [-0.4, -0.2) is 20.5 Å². The van der Waals surface area contributed by atoms with Crippen LogP contribution in [0, 0.1) is 0 Å². The average Bonchev–Trinajstić information content (AvgIpc) is 3.10. The molecule has 0 saturated carbocycles. The molecule has 0 unspecified atom stereocenters. The molecular formula is C22H15BrClF3N4O. The summed E-state index contributed by atoms with van der Waals surface area (Å²) in [5.74, 6) is -0.722. The Morgan fingerprint density at radius 1 is 1.16 bits per heavy atom. The van der Waals surface area contributed by atoms with Gasteiger partial charge in [-0.1, -0.05) is 64.8 Å². The van der Waals surface area contributed by atoms with Crippen LogP contribution in [0.2, 0.25) is 5.02 Å². The number of rotatable bonds is 4. The van der Waals surface area contributed by atoms with Gasteiger partial charge in [0.15, 0.2) is 17.0 Å². The molecule has 1 amide bonds. The number of alkyl halides is 3. The molecule has 4 rings (SSSR count). The molecule has 2 heterocycles. The number of halogens is 5. The zero-order valence-electron chi connectivity index (χ0n) is 16.5. The first kappa shape index (κ1) is 22.3. The first-order valence-corrected chi connectivity index (χ1v) is 10.7. The predicted molar refractivity (Wildman–Crippen MR) is 120 cm³/mol. The van der Waals surface area contributed by atoms with Gasteiger partial charge in [0, 0.05) is 15.7 Å². The summed E-state index contributed by atoms with van der Waals surface area (Å²) in [6.07, 6.45) is -4.09. The second-order valence-corrected chi connectivity index (χ2v) is 8.19. The highest BCUT2D eigenvalue weighted by molar-refractivity contribution is 9.10. The van der Waals surface area contributed by atoms with E-state index in [1.54, 1.807) is 36.4 Å². The van der Waals surface area contributed by atoms with Gasteiger partial charge in [-0.15, -0.1) is 0 Å². The first-order valence-electron chi connectivity index (χ1n) is 9.50. The summed E-state index contributed by atoms with van der Waals surface area (Å²) in [6.45, 7) is 1.92. The Morgan fingerprint density at radius 2 is 1.84 bits per heavy atom. The lowest BCUT2D eigenvalue weighted by Crippen LogP contribution is -2.16. The van der Waals surface area contributed by atoms with Gasteiger partial charge in [0.25, 0.3) is 5.91 Å². The summed E-state index contributed by atoms with van der Waals surface area (Å²) >= 11 is 9.61. The number of benzene rings is 2. The first-order chi connectivity index (χ1) is 15.2. The maximum atomic E-state index is 13.8. The minimum absolute atomic E-state index is 0.0578. The van der Waals surface area contributed by atoms with E-state index < -0.39 is 17.8 Å². The van der Waals surface area contributed by atoms with Gasteiger partial charge in [-0.25, -0.2) is 9.50 Å². The maximum absolute atomic E-state index is 13.8. The smallest absolute Gasteiger partial charge is 0.320 e. The summed E-state index contributed by atoms with van der Waals surface area (Å²) < 4.78 is 42.8. The topological polar surface area (TPSA) is 59.3 Å². The summed E-state index contributed by atoms with van der Waals surface area (Å²) in [7, 11) is 0. The summed E-state index contributed by atoms with van der Waals surface area (Å²) in [6, 6.07) is 14.6. The molecule has 1 N–H and O–H groups in total. The number of para-hydroxylation sites is 1. The molecule has 0 aliphatic heterocycles. The normalized spacial score (nSPS) is 11.7. The molecule has 0 atom stereocenters. The molecule has 0 aliphatic rings. The van der Waals surface area contributed by atoms with E-state index in [0.717, 1.165) is 16.1 Å². The van der Waals surface area contributed by atoms with Gasteiger partial charge in [0.1, 0.15) is 5.02 Å². The van der Waals surface area contributed by atoms with Crippen molar-refractivity contribution in [3.63, 3.8) is 0 Å². The lowest BCUT2D eigenvalue weighted by molar-refractivity contribution is -0.142. The van der Waals surface area contributed by atoms with Gasteiger partial charge in [-0.3, -0.25) is 4.79 Å². The van der Waals surface area contributed by atoms with Crippen LogP contribution in [-0.2, 0) is 12.6 Å². The molecular weight excluding hydrogens is 509 g/mol. The number of hydrogen-bond acceptors (Lipinski definition) is 3. The lowest BCUT2D eigenvalue weighted by Gasteiger charge is -2.11. The number of nitrogens with zero attached hydrogens (tertiary/aromatic N) is 3. The number of aromatic nitrogens is 3. The van der Waals surface area contributed by atoms with Gasteiger partial charge in [-0.05, 0) is 36.2 Å². The van der Waals surface area contributed by atoms with Gasteiger partial charge < -0.3 is 5.32 Å². The standard InChI is InChI=1S/C22H15BrClF3N4O/c1-2-12-5-3-4-6-15(12)29-21(32)19-18(24)20-28-16(13-7-9-14(23)10-8-13)11-17(22(25,26)27)31(20)30-19/h3-11H,2H2,1H3,(H,29,32). The fourth-order valence-electron chi connectivity index (χ4n) is 3.24. The SMILES string of the molecule is CCc1ccccc1NC(=O)c1nn2c(C(F)(F)F)cc(-c3ccc(Br)cc3)nc2c1Cl. The Labute approximate surface area is 194 Å². The molecule has 5 nitrogen and oxygen atoms in total. The van der Waals surface area contributed by atoms with Crippen LogP contribution in [0.4, 0.5) is 18.9 Å². The summed E-state index contributed by atoms with van der Waals surface area (Å²) in [5.41, 5.74) is 0.232. The molecule has 2 aromatic carbocycles. The monoisotopic (exact) mass is 522 g/mol. The summed E-state index contributed by atoms with van der Waals surface area (Å²) in [4.78, 5) is 17.1. The van der Waals surface area contributed by atoms with Crippen LogP contribution in [0.3, 0.4) is 0 Å². The van der Waals surface area contributed by atoms with Crippen molar-refractivity contribution in [3.05, 3.63) is 81.0 Å². The molecule has 2 aromatic heterocycles. The lowest BCUT2D eigenvalue weighted by atomic mass is 10.1. The van der Waals surface area contributed by atoms with E-state index >= 15 is 0 Å². The van der Waals surface area contributed by atoms with E-state index in [0.29, 0.717) is 22.2 Å². The van der Waals surface area contributed by atoms with E-state index in [-0.39, 0.29) is 22.1 Å². The van der Waals surface area contributed by atoms with Crippen molar-refractivity contribution in [1.82, 2.24) is 14.6 Å². The van der Waals surface area contributed by atoms with Gasteiger partial charge in [0.05, 0.1) is 5.69 Å². The minimum Gasteiger partial charge on any atom is -0.320 e. The van der Waals surface area contributed by atoms with E-state index in [2.05, 4.69) is 31.3 Å². The fourth-order valence-corrected chi connectivity index (χ4v) is 3.75. The van der Waals surface area contributed by atoms with Gasteiger partial charge in [-0.2, -0.15) is 18.3 Å². The van der Waals surface area contributed by atoms with Crippen molar-refractivity contribution in [2.75, 3.05) is 5.32 Å². The number of amides is 1. The van der Waals surface area contributed by atoms with Crippen LogP contribution in [0.5, 0.6) is 0 Å². The Hall–Kier alpha value is -2.91. The van der Waals surface area contributed by atoms with Crippen molar-refractivity contribution in [1.29, 1.82) is 0 Å². The van der Waals surface area contributed by atoms with Crippen molar-refractivity contribution >= 4 is 44.8 Å². The van der Waals surface area contributed by atoms with Gasteiger partial charge in [0.2, 0.25) is 0 Å². The predicted octanol–water partition coefficient (Wildman–Crippen LogP) is 6.65. The molecule has 0 spiro atoms. The van der Waals surface area contributed by atoms with Crippen molar-refractivity contribution in [2.45, 2.75) is 19.5 Å². The number of carbonyl (C=O) groups is 1. The van der Waals surface area contributed by atoms with E-state index in [4.69, 9.17) is 11.6 Å². The second kappa shape index (κ2) is 8.55. The third kappa shape index (κ3) is 4.22. The third-order valence-corrected chi connectivity index (χ3v) is 5.70. The Morgan fingerprint density at radius 3 is 2.50 bits per heavy atom. The molecule has 0 fully saturated rings. The van der Waals surface area contributed by atoms with Crippen LogP contribution in [0.15, 0.2) is 59.1 Å². The molecule has 0 saturated heterocycles. The fraction of sp³-hybridized carbons (Fsp3) is 0.136. The zero-order valence-corrected chi connectivity index (χ0v) is 18.9. The van der Waals surface area contributed by atoms with Gasteiger partial charge >= 0.3 is 6.18 Å². The van der Waals surface area contributed by atoms with Crippen LogP contribution in [0.25, 0.3) is 16.9 Å². The summed E-state index contributed by atoms with van der Waals surface area (Å²) in [5, 5.41) is 6.28.